The van der Waals surface area contributed by atoms with Gasteiger partial charge < -0.3 is 5.11 Å². The molecule has 176 valence electrons. The molecule has 2 N–H and O–H groups in total. The van der Waals surface area contributed by atoms with Gasteiger partial charge in [0.15, 0.2) is 0 Å². The van der Waals surface area contributed by atoms with Gasteiger partial charge in [-0.25, -0.2) is 22.5 Å². The number of sulfonamides is 1. The third kappa shape index (κ3) is 5.42. The molecule has 0 aliphatic carbocycles. The van der Waals surface area contributed by atoms with E-state index in [4.69, 9.17) is 0 Å². The lowest BCUT2D eigenvalue weighted by Crippen LogP contribution is -2.50. The number of rotatable bonds is 10. The molecule has 0 aliphatic rings. The van der Waals surface area contributed by atoms with Gasteiger partial charge in [-0.15, -0.1) is 0 Å². The van der Waals surface area contributed by atoms with E-state index in [0.717, 1.165) is 42.4 Å². The summed E-state index contributed by atoms with van der Waals surface area (Å²) in [7, 11) is -6.26. The first-order valence-electron chi connectivity index (χ1n) is 10.2. The Balaban J connectivity index is 2.39. The second-order valence-corrected chi connectivity index (χ2v) is 15.6. The van der Waals surface area contributed by atoms with Crippen LogP contribution < -0.4 is 9.91 Å². The van der Waals surface area contributed by atoms with Crippen LogP contribution >= 0.6 is 15.9 Å². The maximum Gasteiger partial charge on any atom is 0.269 e. The van der Waals surface area contributed by atoms with Crippen LogP contribution in [-0.4, -0.2) is 38.1 Å². The van der Waals surface area contributed by atoms with E-state index in [1.807, 2.05) is 20.8 Å². The fourth-order valence-electron chi connectivity index (χ4n) is 3.71. The van der Waals surface area contributed by atoms with Gasteiger partial charge in [0.2, 0.25) is 10.0 Å². The molecule has 0 saturated heterocycles. The van der Waals surface area contributed by atoms with E-state index in [0.29, 0.717) is 9.79 Å². The molecule has 0 bridgehead atoms. The van der Waals surface area contributed by atoms with Gasteiger partial charge in [-0.1, -0.05) is 38.9 Å². The second-order valence-electron chi connectivity index (χ2n) is 7.85. The summed E-state index contributed by atoms with van der Waals surface area (Å²) < 4.78 is 43.4. The molecule has 0 radical (unpaired) electrons. The highest BCUT2D eigenvalue weighted by Crippen LogP contribution is 2.28. The molecule has 1 heterocycles. The Morgan fingerprint density at radius 3 is 2.22 bits per heavy atom. The van der Waals surface area contributed by atoms with Gasteiger partial charge in [-0.2, -0.15) is 0 Å². The molecule has 1 aromatic carbocycles. The molecular weight excluding hydrogens is 521 g/mol. The Morgan fingerprint density at radius 1 is 1.22 bits per heavy atom. The molecule has 0 unspecified atom stereocenters. The highest BCUT2D eigenvalue weighted by Gasteiger charge is 2.38. The fraction of sp³-hybridized carbons (Fsp3) is 0.450. The summed E-state index contributed by atoms with van der Waals surface area (Å²) in [6.45, 7) is 6.85. The minimum atomic E-state index is -4.11. The van der Waals surface area contributed by atoms with Crippen molar-refractivity contribution in [3.8, 4) is 0 Å². The molecule has 0 aliphatic heterocycles. The van der Waals surface area contributed by atoms with Crippen LogP contribution in [0.25, 0.3) is 0 Å². The van der Waals surface area contributed by atoms with Gasteiger partial charge in [-0.05, 0) is 46.2 Å². The van der Waals surface area contributed by atoms with Crippen molar-refractivity contribution in [1.82, 2.24) is 9.71 Å². The summed E-state index contributed by atoms with van der Waals surface area (Å²) in [5.74, 6) is -0.607. The number of hydrogen-bond acceptors (Lipinski definition) is 6. The molecule has 8 nitrogen and oxygen atoms in total. The number of hydrogen-bond donors (Lipinski definition) is 2. The van der Waals surface area contributed by atoms with Crippen molar-refractivity contribution < 1.29 is 22.8 Å². The van der Waals surface area contributed by atoms with Crippen LogP contribution in [0, 0.1) is 15.9 Å². The zero-order chi connectivity index (χ0) is 24.3. The number of nitro groups is 1. The predicted octanol–water partition coefficient (Wildman–Crippen LogP) is 3.79. The number of halogens is 2. The molecule has 0 saturated carbocycles. The van der Waals surface area contributed by atoms with E-state index in [1.54, 1.807) is 6.07 Å². The van der Waals surface area contributed by atoms with Crippen molar-refractivity contribution in [2.75, 3.05) is 6.54 Å². The summed E-state index contributed by atoms with van der Waals surface area (Å²) in [5.41, 5.74) is -2.42. The van der Waals surface area contributed by atoms with Crippen molar-refractivity contribution in [2.45, 2.75) is 56.3 Å². The molecule has 12 heteroatoms. The Labute approximate surface area is 196 Å². The first-order chi connectivity index (χ1) is 14.8. The standard InChI is InChI=1S/C20H27BrFN3O5SSi/c1-5-32(6-2,7-3)16-12-17(21)24-19(18(16)22)20(4,26)13-23-31(29,30)15-10-8-14(9-11-15)25(27)28/h8-12,23,26H,5-7,13H2,1-4H3/t20-/m1/s1. The quantitative estimate of drug-likeness (QED) is 0.202. The molecular formula is C20H27BrFN3O5SSi. The minimum absolute atomic E-state index is 0.211. The van der Waals surface area contributed by atoms with E-state index in [2.05, 4.69) is 25.6 Å². The molecule has 2 rings (SSSR count). The molecule has 0 spiro atoms. The minimum Gasteiger partial charge on any atom is -0.382 e. The predicted molar refractivity (Wildman–Crippen MR) is 127 cm³/mol. The molecule has 2 aromatic rings. The molecule has 0 fully saturated rings. The first-order valence-corrected chi connectivity index (χ1v) is 15.1. The normalized spacial score (nSPS) is 14.2. The van der Waals surface area contributed by atoms with Crippen LogP contribution in [-0.2, 0) is 15.6 Å². The SMILES string of the molecule is CC[Si](CC)(CC)c1cc(Br)nc([C@](C)(O)CNS(=O)(=O)c2ccc([N+](=O)[O-])cc2)c1F. The van der Waals surface area contributed by atoms with E-state index >= 15 is 4.39 Å². The second kappa shape index (κ2) is 10.0. The van der Waals surface area contributed by atoms with E-state index in [1.165, 1.54) is 6.92 Å². The number of benzene rings is 1. The Bertz CT molecular complexity index is 1080. The van der Waals surface area contributed by atoms with Crippen molar-refractivity contribution in [1.29, 1.82) is 0 Å². The van der Waals surface area contributed by atoms with Crippen LogP contribution in [0.15, 0.2) is 39.8 Å². The van der Waals surface area contributed by atoms with E-state index < -0.39 is 41.0 Å². The summed E-state index contributed by atoms with van der Waals surface area (Å²) in [6, 6.07) is 8.45. The summed E-state index contributed by atoms with van der Waals surface area (Å²) in [6.07, 6.45) is 0. The number of pyridine rings is 1. The van der Waals surface area contributed by atoms with Crippen molar-refractivity contribution >= 4 is 44.9 Å². The maximum atomic E-state index is 15.6. The smallest absolute Gasteiger partial charge is 0.269 e. The summed E-state index contributed by atoms with van der Waals surface area (Å²) in [4.78, 5) is 14.0. The van der Waals surface area contributed by atoms with E-state index in [-0.39, 0.29) is 16.3 Å². The Hall–Kier alpha value is -1.73. The van der Waals surface area contributed by atoms with Gasteiger partial charge in [0.1, 0.15) is 21.7 Å². The monoisotopic (exact) mass is 547 g/mol. The van der Waals surface area contributed by atoms with Gasteiger partial charge in [0.25, 0.3) is 5.69 Å². The number of aliphatic hydroxyl groups is 1. The lowest BCUT2D eigenvalue weighted by atomic mass is 10.0. The number of nitrogens with one attached hydrogen (secondary N) is 1. The fourth-order valence-corrected chi connectivity index (χ4v) is 9.13. The summed E-state index contributed by atoms with van der Waals surface area (Å²) >= 11 is 3.31. The summed E-state index contributed by atoms with van der Waals surface area (Å²) in [5, 5.41) is 22.3. The first kappa shape index (κ1) is 26.5. The average molecular weight is 549 g/mol. The Kier molecular flexibility index (Phi) is 8.32. The number of nitro benzene ring substituents is 1. The zero-order valence-electron chi connectivity index (χ0n) is 18.4. The van der Waals surface area contributed by atoms with Crippen LogP contribution in [0.5, 0.6) is 0 Å². The maximum absolute atomic E-state index is 15.6. The van der Waals surface area contributed by atoms with Crippen LogP contribution in [0.3, 0.4) is 0 Å². The highest BCUT2D eigenvalue weighted by molar-refractivity contribution is 9.10. The largest absolute Gasteiger partial charge is 0.382 e. The number of non-ortho nitro benzene ring substituents is 1. The zero-order valence-corrected chi connectivity index (χ0v) is 21.8. The van der Waals surface area contributed by atoms with Crippen LogP contribution in [0.1, 0.15) is 33.4 Å². The lowest BCUT2D eigenvalue weighted by Gasteiger charge is -2.32. The molecule has 1 aromatic heterocycles. The topological polar surface area (TPSA) is 122 Å². The molecule has 0 amide bonds. The van der Waals surface area contributed by atoms with Gasteiger partial charge in [0, 0.05) is 18.7 Å². The number of aromatic nitrogens is 1. The van der Waals surface area contributed by atoms with Crippen molar-refractivity contribution in [3.63, 3.8) is 0 Å². The van der Waals surface area contributed by atoms with Crippen LogP contribution in [0.4, 0.5) is 10.1 Å². The third-order valence-electron chi connectivity index (χ3n) is 6.00. The van der Waals surface area contributed by atoms with Gasteiger partial charge >= 0.3 is 0 Å². The van der Waals surface area contributed by atoms with Gasteiger partial charge in [0.05, 0.1) is 17.9 Å². The molecule has 32 heavy (non-hydrogen) atoms. The van der Waals surface area contributed by atoms with E-state index in [9.17, 15) is 23.6 Å². The third-order valence-corrected chi connectivity index (χ3v) is 13.4. The van der Waals surface area contributed by atoms with Crippen LogP contribution in [0.2, 0.25) is 18.1 Å². The van der Waals surface area contributed by atoms with Gasteiger partial charge in [-0.3, -0.25) is 10.1 Å². The van der Waals surface area contributed by atoms with Crippen molar-refractivity contribution in [3.05, 3.63) is 56.6 Å². The number of nitrogens with zero attached hydrogens (tertiary/aromatic N) is 2. The Morgan fingerprint density at radius 2 is 1.75 bits per heavy atom. The highest BCUT2D eigenvalue weighted by atomic mass is 79.9. The molecule has 1 atom stereocenters. The lowest BCUT2D eigenvalue weighted by molar-refractivity contribution is -0.384. The van der Waals surface area contributed by atoms with Crippen molar-refractivity contribution in [2.24, 2.45) is 0 Å². The average Bonchev–Trinajstić information content (AvgIpc) is 2.76.